The third-order valence-electron chi connectivity index (χ3n) is 2.50. The average Bonchev–Trinajstić information content (AvgIpc) is 2.82. The van der Waals surface area contributed by atoms with Crippen LogP contribution in [0.15, 0.2) is 23.4 Å². The van der Waals surface area contributed by atoms with E-state index in [2.05, 4.69) is 10.2 Å². The summed E-state index contributed by atoms with van der Waals surface area (Å²) in [5, 5.41) is 18.3. The number of aryl methyl sites for hydroxylation is 1. The molecule has 8 heteroatoms. The highest BCUT2D eigenvalue weighted by Crippen LogP contribution is 2.28. The lowest BCUT2D eigenvalue weighted by atomic mass is 10.3. The first-order valence-electron chi connectivity index (χ1n) is 5.77. The minimum Gasteiger partial charge on any atom is -0.481 e. The molecule has 1 heterocycles. The van der Waals surface area contributed by atoms with Crippen molar-refractivity contribution in [3.63, 3.8) is 0 Å². The Morgan fingerprint density at radius 3 is 2.70 bits per heavy atom. The molecular formula is C12H11Cl2N3O2S. The number of halogens is 2. The van der Waals surface area contributed by atoms with Gasteiger partial charge in [-0.05, 0) is 18.2 Å². The van der Waals surface area contributed by atoms with E-state index < -0.39 is 5.97 Å². The van der Waals surface area contributed by atoms with Gasteiger partial charge in [-0.2, -0.15) is 0 Å². The molecule has 20 heavy (non-hydrogen) atoms. The molecule has 2 aromatic rings. The van der Waals surface area contributed by atoms with E-state index >= 15 is 0 Å². The topological polar surface area (TPSA) is 68.0 Å². The smallest absolute Gasteiger partial charge is 0.313 e. The first kappa shape index (κ1) is 15.2. The second-order valence-corrected chi connectivity index (χ2v) is 5.63. The second-order valence-electron chi connectivity index (χ2n) is 3.87. The average molecular weight is 332 g/mol. The maximum atomic E-state index is 10.7. The number of carboxylic acid groups (broad SMARTS) is 1. The number of thioether (sulfide) groups is 1. The summed E-state index contributed by atoms with van der Waals surface area (Å²) in [6.07, 6.45) is 0.668. The van der Waals surface area contributed by atoms with Crippen molar-refractivity contribution in [3.8, 4) is 5.69 Å². The predicted molar refractivity (Wildman–Crippen MR) is 79.1 cm³/mol. The maximum absolute atomic E-state index is 10.7. The Morgan fingerprint density at radius 1 is 1.35 bits per heavy atom. The third kappa shape index (κ3) is 3.26. The number of aliphatic carboxylic acids is 1. The molecule has 1 aromatic heterocycles. The van der Waals surface area contributed by atoms with Crippen molar-refractivity contribution < 1.29 is 9.90 Å². The monoisotopic (exact) mass is 331 g/mol. The van der Waals surface area contributed by atoms with E-state index in [1.54, 1.807) is 22.8 Å². The van der Waals surface area contributed by atoms with Crippen LogP contribution in [0.3, 0.4) is 0 Å². The Bertz CT molecular complexity index is 646. The van der Waals surface area contributed by atoms with Gasteiger partial charge in [-0.25, -0.2) is 0 Å². The van der Waals surface area contributed by atoms with Crippen LogP contribution >= 0.6 is 35.0 Å². The lowest BCUT2D eigenvalue weighted by molar-refractivity contribution is -0.133. The van der Waals surface area contributed by atoms with Crippen molar-refractivity contribution in [1.82, 2.24) is 14.8 Å². The van der Waals surface area contributed by atoms with Gasteiger partial charge in [0.05, 0.1) is 21.5 Å². The number of rotatable bonds is 5. The third-order valence-corrected chi connectivity index (χ3v) is 4.16. The highest BCUT2D eigenvalue weighted by atomic mass is 35.5. The Morgan fingerprint density at radius 2 is 2.10 bits per heavy atom. The second kappa shape index (κ2) is 6.47. The largest absolute Gasteiger partial charge is 0.481 e. The zero-order valence-electron chi connectivity index (χ0n) is 10.5. The van der Waals surface area contributed by atoms with Crippen LogP contribution in [0.4, 0.5) is 0 Å². The molecule has 1 N–H and O–H groups in total. The molecule has 0 radical (unpaired) electrons. The van der Waals surface area contributed by atoms with Gasteiger partial charge >= 0.3 is 5.97 Å². The van der Waals surface area contributed by atoms with Gasteiger partial charge in [0.25, 0.3) is 0 Å². The van der Waals surface area contributed by atoms with E-state index in [9.17, 15) is 4.79 Å². The normalized spacial score (nSPS) is 10.8. The molecule has 5 nitrogen and oxygen atoms in total. The summed E-state index contributed by atoms with van der Waals surface area (Å²) in [6, 6.07) is 5.18. The molecule has 0 bridgehead atoms. The van der Waals surface area contributed by atoms with Gasteiger partial charge in [0.2, 0.25) is 0 Å². The van der Waals surface area contributed by atoms with Crippen molar-refractivity contribution in [2.45, 2.75) is 18.5 Å². The molecule has 0 saturated heterocycles. The minimum absolute atomic E-state index is 0.0802. The van der Waals surface area contributed by atoms with Gasteiger partial charge in [0.1, 0.15) is 5.82 Å². The summed E-state index contributed by atoms with van der Waals surface area (Å²) in [5.74, 6) is -0.253. The summed E-state index contributed by atoms with van der Waals surface area (Å²) in [5.41, 5.74) is 0.758. The standard InChI is InChI=1S/C12H11Cl2N3O2S/c1-2-10-15-16-12(20-6-11(18)19)17(10)7-3-4-8(13)9(14)5-7/h3-5H,2,6H2,1H3,(H,18,19). The first-order valence-corrected chi connectivity index (χ1v) is 7.51. The Labute approximate surface area is 129 Å². The molecule has 0 amide bonds. The van der Waals surface area contributed by atoms with Crippen molar-refractivity contribution >= 4 is 40.9 Å². The summed E-state index contributed by atoms with van der Waals surface area (Å²) in [4.78, 5) is 10.7. The van der Waals surface area contributed by atoms with Crippen LogP contribution in [0.5, 0.6) is 0 Å². The Hall–Kier alpha value is -1.24. The van der Waals surface area contributed by atoms with Crippen LogP contribution in [0, 0.1) is 0 Å². The zero-order chi connectivity index (χ0) is 14.7. The van der Waals surface area contributed by atoms with Gasteiger partial charge in [-0.3, -0.25) is 9.36 Å². The van der Waals surface area contributed by atoms with Gasteiger partial charge in [0.15, 0.2) is 5.16 Å². The number of aromatic nitrogens is 3. The lowest BCUT2D eigenvalue weighted by Gasteiger charge is -2.09. The fourth-order valence-electron chi connectivity index (χ4n) is 1.63. The molecule has 0 unspecified atom stereocenters. The number of carbonyl (C=O) groups is 1. The molecule has 0 atom stereocenters. The van der Waals surface area contributed by atoms with Gasteiger partial charge in [-0.1, -0.05) is 41.9 Å². The van der Waals surface area contributed by atoms with E-state index in [-0.39, 0.29) is 5.75 Å². The molecule has 106 valence electrons. The van der Waals surface area contributed by atoms with E-state index in [1.165, 1.54) is 0 Å². The Kier molecular flexibility index (Phi) is 4.91. The molecular weight excluding hydrogens is 321 g/mol. The van der Waals surface area contributed by atoms with Gasteiger partial charge in [-0.15, -0.1) is 10.2 Å². The number of hydrogen-bond donors (Lipinski definition) is 1. The predicted octanol–water partition coefficient (Wildman–Crippen LogP) is 3.31. The quantitative estimate of drug-likeness (QED) is 0.851. The number of hydrogen-bond acceptors (Lipinski definition) is 4. The first-order chi connectivity index (χ1) is 9.52. The number of nitrogens with zero attached hydrogens (tertiary/aromatic N) is 3. The van der Waals surface area contributed by atoms with Gasteiger partial charge in [0, 0.05) is 6.42 Å². The molecule has 0 fully saturated rings. The van der Waals surface area contributed by atoms with Gasteiger partial charge < -0.3 is 5.11 Å². The van der Waals surface area contributed by atoms with Crippen LogP contribution in [-0.2, 0) is 11.2 Å². The molecule has 0 spiro atoms. The molecule has 1 aromatic carbocycles. The molecule has 2 rings (SSSR count). The minimum atomic E-state index is -0.906. The van der Waals surface area contributed by atoms with E-state index in [0.29, 0.717) is 21.6 Å². The summed E-state index contributed by atoms with van der Waals surface area (Å²) in [6.45, 7) is 1.95. The summed E-state index contributed by atoms with van der Waals surface area (Å²) >= 11 is 13.0. The van der Waals surface area contributed by atoms with E-state index in [1.807, 2.05) is 6.92 Å². The van der Waals surface area contributed by atoms with E-state index in [4.69, 9.17) is 28.3 Å². The highest BCUT2D eigenvalue weighted by Gasteiger charge is 2.15. The molecule has 0 aliphatic heterocycles. The van der Waals surface area contributed by atoms with Crippen molar-refractivity contribution in [2.24, 2.45) is 0 Å². The summed E-state index contributed by atoms with van der Waals surface area (Å²) < 4.78 is 1.79. The van der Waals surface area contributed by atoms with Crippen LogP contribution in [0.1, 0.15) is 12.7 Å². The van der Waals surface area contributed by atoms with Crippen molar-refractivity contribution in [2.75, 3.05) is 5.75 Å². The Balaban J connectivity index is 2.44. The van der Waals surface area contributed by atoms with Crippen LogP contribution in [0.25, 0.3) is 5.69 Å². The van der Waals surface area contributed by atoms with Crippen molar-refractivity contribution in [1.29, 1.82) is 0 Å². The highest BCUT2D eigenvalue weighted by molar-refractivity contribution is 7.99. The molecule has 0 aliphatic carbocycles. The molecule has 0 aliphatic rings. The van der Waals surface area contributed by atoms with Crippen LogP contribution < -0.4 is 0 Å². The van der Waals surface area contributed by atoms with Crippen LogP contribution in [-0.4, -0.2) is 31.6 Å². The maximum Gasteiger partial charge on any atom is 0.313 e. The summed E-state index contributed by atoms with van der Waals surface area (Å²) in [7, 11) is 0. The zero-order valence-corrected chi connectivity index (χ0v) is 12.8. The van der Waals surface area contributed by atoms with Crippen LogP contribution in [0.2, 0.25) is 10.0 Å². The fraction of sp³-hybridized carbons (Fsp3) is 0.250. The lowest BCUT2D eigenvalue weighted by Crippen LogP contribution is -2.04. The fourth-order valence-corrected chi connectivity index (χ4v) is 2.62. The molecule has 0 saturated carbocycles. The SMILES string of the molecule is CCc1nnc(SCC(=O)O)n1-c1ccc(Cl)c(Cl)c1. The number of carboxylic acids is 1. The van der Waals surface area contributed by atoms with Crippen molar-refractivity contribution in [3.05, 3.63) is 34.1 Å². The number of benzene rings is 1. The van der Waals surface area contributed by atoms with E-state index in [0.717, 1.165) is 23.3 Å².